The summed E-state index contributed by atoms with van der Waals surface area (Å²) in [6, 6.07) is 2.04. The van der Waals surface area contributed by atoms with Gasteiger partial charge in [-0.2, -0.15) is 0 Å². The molecule has 0 unspecified atom stereocenters. The summed E-state index contributed by atoms with van der Waals surface area (Å²) in [6.45, 7) is 6.05. The number of carbonyl (C=O) groups is 1. The molecular weight excluding hydrogens is 180 g/mol. The highest BCUT2D eigenvalue weighted by molar-refractivity contribution is 7.12. The van der Waals surface area contributed by atoms with Gasteiger partial charge in [0.2, 0.25) is 0 Å². The predicted octanol–water partition coefficient (Wildman–Crippen LogP) is 3.54. The Morgan fingerprint density at radius 2 is 2.23 bits per heavy atom. The van der Waals surface area contributed by atoms with Gasteiger partial charge >= 0.3 is 0 Å². The Bertz CT molecular complexity index is 286. The summed E-state index contributed by atoms with van der Waals surface area (Å²) in [4.78, 5) is 12.5. The Kier molecular flexibility index (Phi) is 3.67. The van der Waals surface area contributed by atoms with E-state index in [1.54, 1.807) is 11.3 Å². The van der Waals surface area contributed by atoms with Gasteiger partial charge in [-0.25, -0.2) is 0 Å². The van der Waals surface area contributed by atoms with E-state index < -0.39 is 0 Å². The summed E-state index contributed by atoms with van der Waals surface area (Å²) in [5.74, 6) is 0.389. The molecule has 0 radical (unpaired) electrons. The second-order valence-corrected chi connectivity index (χ2v) is 4.50. The quantitative estimate of drug-likeness (QED) is 0.673. The fourth-order valence-corrected chi connectivity index (χ4v) is 2.24. The van der Waals surface area contributed by atoms with E-state index in [0.717, 1.165) is 17.7 Å². The monoisotopic (exact) mass is 196 g/mol. The number of Topliss-reactive ketones (excluding diaryl/α,β-unsaturated/α-hetero) is 1. The van der Waals surface area contributed by atoms with Gasteiger partial charge < -0.3 is 0 Å². The van der Waals surface area contributed by atoms with Crippen molar-refractivity contribution in [2.75, 3.05) is 0 Å². The lowest BCUT2D eigenvalue weighted by Gasteiger charge is -1.98. The Labute approximate surface area is 83.8 Å². The van der Waals surface area contributed by atoms with E-state index in [-0.39, 0.29) is 11.7 Å². The Hall–Kier alpha value is -0.630. The SMILES string of the molecule is CCCc1csc(C(=O)C(C)C)c1. The number of ketones is 1. The van der Waals surface area contributed by atoms with Gasteiger partial charge in [-0.3, -0.25) is 4.79 Å². The van der Waals surface area contributed by atoms with Crippen molar-refractivity contribution in [1.82, 2.24) is 0 Å². The van der Waals surface area contributed by atoms with Gasteiger partial charge in [0, 0.05) is 5.92 Å². The van der Waals surface area contributed by atoms with Gasteiger partial charge in [0.1, 0.15) is 0 Å². The topological polar surface area (TPSA) is 17.1 Å². The van der Waals surface area contributed by atoms with Gasteiger partial charge in [-0.05, 0) is 23.4 Å². The fourth-order valence-electron chi connectivity index (χ4n) is 1.21. The number of thiophene rings is 1. The van der Waals surface area contributed by atoms with Crippen molar-refractivity contribution >= 4 is 17.1 Å². The molecule has 0 saturated carbocycles. The largest absolute Gasteiger partial charge is 0.293 e. The third-order valence-electron chi connectivity index (χ3n) is 1.96. The van der Waals surface area contributed by atoms with Crippen molar-refractivity contribution in [1.29, 1.82) is 0 Å². The van der Waals surface area contributed by atoms with E-state index in [4.69, 9.17) is 0 Å². The molecule has 0 atom stereocenters. The summed E-state index contributed by atoms with van der Waals surface area (Å²) in [5.41, 5.74) is 1.30. The molecule has 2 heteroatoms. The summed E-state index contributed by atoms with van der Waals surface area (Å²) in [5, 5.41) is 2.10. The molecule has 0 amide bonds. The normalized spacial score (nSPS) is 10.8. The van der Waals surface area contributed by atoms with Crippen LogP contribution in [0.2, 0.25) is 0 Å². The average Bonchev–Trinajstić information content (AvgIpc) is 2.52. The van der Waals surface area contributed by atoms with Crippen molar-refractivity contribution in [2.45, 2.75) is 33.6 Å². The molecule has 1 nitrogen and oxygen atoms in total. The molecule has 1 heterocycles. The van der Waals surface area contributed by atoms with Crippen LogP contribution in [0.3, 0.4) is 0 Å². The minimum Gasteiger partial charge on any atom is -0.293 e. The maximum absolute atomic E-state index is 11.6. The molecule has 72 valence electrons. The van der Waals surface area contributed by atoms with Gasteiger partial charge in [-0.15, -0.1) is 11.3 Å². The van der Waals surface area contributed by atoms with Crippen molar-refractivity contribution in [3.8, 4) is 0 Å². The zero-order valence-electron chi connectivity index (χ0n) is 8.46. The number of aryl methyl sites for hydroxylation is 1. The number of carbonyl (C=O) groups excluding carboxylic acids is 1. The highest BCUT2D eigenvalue weighted by Gasteiger charge is 2.12. The molecule has 1 aromatic heterocycles. The molecule has 0 N–H and O–H groups in total. The number of hydrogen-bond donors (Lipinski definition) is 0. The molecular formula is C11H16OS. The van der Waals surface area contributed by atoms with Crippen LogP contribution < -0.4 is 0 Å². The van der Waals surface area contributed by atoms with Crippen molar-refractivity contribution < 1.29 is 4.79 Å². The average molecular weight is 196 g/mol. The number of hydrogen-bond acceptors (Lipinski definition) is 2. The molecule has 0 bridgehead atoms. The molecule has 0 aliphatic heterocycles. The van der Waals surface area contributed by atoms with Crippen LogP contribution in [0.5, 0.6) is 0 Å². The Morgan fingerprint density at radius 1 is 1.54 bits per heavy atom. The molecule has 0 aliphatic carbocycles. The molecule has 0 aromatic carbocycles. The highest BCUT2D eigenvalue weighted by atomic mass is 32.1. The molecule has 0 fully saturated rings. The van der Waals surface area contributed by atoms with Crippen molar-refractivity contribution in [3.05, 3.63) is 21.9 Å². The second kappa shape index (κ2) is 4.56. The van der Waals surface area contributed by atoms with Crippen LogP contribution in [-0.4, -0.2) is 5.78 Å². The van der Waals surface area contributed by atoms with E-state index in [1.807, 2.05) is 19.9 Å². The second-order valence-electron chi connectivity index (χ2n) is 3.59. The first-order chi connectivity index (χ1) is 6.15. The maximum atomic E-state index is 11.6. The van der Waals surface area contributed by atoms with Crippen LogP contribution in [0.4, 0.5) is 0 Å². The minimum absolute atomic E-state index is 0.119. The maximum Gasteiger partial charge on any atom is 0.175 e. The van der Waals surface area contributed by atoms with Crippen LogP contribution in [-0.2, 0) is 6.42 Å². The molecule has 1 rings (SSSR count). The van der Waals surface area contributed by atoms with E-state index in [0.29, 0.717) is 0 Å². The lowest BCUT2D eigenvalue weighted by molar-refractivity contribution is 0.0943. The lowest BCUT2D eigenvalue weighted by Crippen LogP contribution is -2.04. The standard InChI is InChI=1S/C11H16OS/c1-4-5-9-6-10(13-7-9)11(12)8(2)3/h6-8H,4-5H2,1-3H3. The molecule has 13 heavy (non-hydrogen) atoms. The van der Waals surface area contributed by atoms with E-state index in [2.05, 4.69) is 12.3 Å². The minimum atomic E-state index is 0.119. The zero-order valence-corrected chi connectivity index (χ0v) is 9.28. The third kappa shape index (κ3) is 2.66. The van der Waals surface area contributed by atoms with Crippen molar-refractivity contribution in [3.63, 3.8) is 0 Å². The van der Waals surface area contributed by atoms with E-state index in [9.17, 15) is 4.79 Å². The molecule has 0 saturated heterocycles. The highest BCUT2D eigenvalue weighted by Crippen LogP contribution is 2.19. The summed E-state index contributed by atoms with van der Waals surface area (Å²) in [6.07, 6.45) is 2.23. The first-order valence-electron chi connectivity index (χ1n) is 4.76. The third-order valence-corrected chi connectivity index (χ3v) is 2.95. The Balaban J connectivity index is 2.73. The van der Waals surface area contributed by atoms with Gasteiger partial charge in [0.25, 0.3) is 0 Å². The van der Waals surface area contributed by atoms with Crippen LogP contribution in [0, 0.1) is 5.92 Å². The van der Waals surface area contributed by atoms with Crippen LogP contribution >= 0.6 is 11.3 Å². The summed E-state index contributed by atoms with van der Waals surface area (Å²) < 4.78 is 0. The molecule has 1 aromatic rings. The first-order valence-corrected chi connectivity index (χ1v) is 5.64. The van der Waals surface area contributed by atoms with E-state index in [1.165, 1.54) is 5.56 Å². The molecule has 0 spiro atoms. The van der Waals surface area contributed by atoms with Gasteiger partial charge in [0.05, 0.1) is 4.88 Å². The van der Waals surface area contributed by atoms with Crippen LogP contribution in [0.25, 0.3) is 0 Å². The predicted molar refractivity (Wildman–Crippen MR) is 57.5 cm³/mol. The summed E-state index contributed by atoms with van der Waals surface area (Å²) in [7, 11) is 0. The van der Waals surface area contributed by atoms with Gasteiger partial charge in [0.15, 0.2) is 5.78 Å². The Morgan fingerprint density at radius 3 is 2.77 bits per heavy atom. The zero-order chi connectivity index (χ0) is 9.84. The molecule has 0 aliphatic rings. The smallest absolute Gasteiger partial charge is 0.175 e. The van der Waals surface area contributed by atoms with Crippen LogP contribution in [0.15, 0.2) is 11.4 Å². The van der Waals surface area contributed by atoms with Crippen molar-refractivity contribution in [2.24, 2.45) is 5.92 Å². The van der Waals surface area contributed by atoms with E-state index >= 15 is 0 Å². The lowest BCUT2D eigenvalue weighted by atomic mass is 10.1. The fraction of sp³-hybridized carbons (Fsp3) is 0.545. The van der Waals surface area contributed by atoms with Gasteiger partial charge in [-0.1, -0.05) is 27.2 Å². The van der Waals surface area contributed by atoms with Crippen LogP contribution in [0.1, 0.15) is 42.4 Å². The summed E-state index contributed by atoms with van der Waals surface area (Å²) >= 11 is 1.58. The first kappa shape index (κ1) is 10.5. The number of rotatable bonds is 4.